The number of carbonyl (C=O) groups is 1. The Morgan fingerprint density at radius 3 is 1.27 bits per heavy atom. The van der Waals surface area contributed by atoms with Gasteiger partial charge in [0.25, 0.3) is 0 Å². The minimum atomic E-state index is -2.74. The second-order valence-electron chi connectivity index (χ2n) is 10.8. The van der Waals surface area contributed by atoms with E-state index in [1.807, 2.05) is 0 Å². The third-order valence-corrected chi connectivity index (χ3v) is 23.9. The third-order valence-electron chi connectivity index (χ3n) is 7.66. The van der Waals surface area contributed by atoms with Crippen LogP contribution in [0, 0.1) is 0 Å². The first-order valence-electron chi connectivity index (χ1n) is 15.1. The van der Waals surface area contributed by atoms with Crippen LogP contribution in [-0.2, 0) is 5.21 Å². The van der Waals surface area contributed by atoms with Gasteiger partial charge in [0, 0.05) is 5.56 Å². The van der Waals surface area contributed by atoms with Gasteiger partial charge in [0.2, 0.25) is 0 Å². The van der Waals surface area contributed by atoms with Crippen LogP contribution in [0.5, 0.6) is 0 Å². The molecule has 0 atom stereocenters. The largest absolute Gasteiger partial charge is 0.545 e. The molecule has 0 amide bonds. The van der Waals surface area contributed by atoms with E-state index in [0.717, 1.165) is 5.21 Å². The van der Waals surface area contributed by atoms with Crippen LogP contribution in [0.15, 0.2) is 161 Å². The quantitative estimate of drug-likeness (QED) is 0.0835. The molecule has 0 unspecified atom stereocenters. The topological polar surface area (TPSA) is 40.1 Å². The maximum Gasteiger partial charge on any atom is 0.0809 e. The summed E-state index contributed by atoms with van der Waals surface area (Å²) in [5.74, 6) is -1.57. The zero-order valence-corrected chi connectivity index (χ0v) is 33.4. The molecule has 6 aromatic rings. The molecule has 0 heterocycles. The summed E-state index contributed by atoms with van der Waals surface area (Å²) in [7, 11) is 0. The van der Waals surface area contributed by atoms with E-state index >= 15 is 0 Å². The Labute approximate surface area is 319 Å². The van der Waals surface area contributed by atoms with Gasteiger partial charge in [0.05, 0.1) is 31.1 Å². The standard InChI is InChI=1S/C33H29As2.C7HCl5O2/c1-6-16-29(17-7-1)28-35(32-22-12-4-13-23-32,33-24-14-5-15-25-33)27-26-34(30-18-8-2-9-19-30)31-20-10-3-11-21-31;8-2-1(7(13)14)3(9)5(11)6(12)4(2)10/h1-27H,28H2;(H,13,14)/q+1;/p-1. The Kier molecular flexibility index (Phi) is 13.6. The average Bonchev–Trinajstić information content (AvgIpc) is 3.15. The fourth-order valence-corrected chi connectivity index (χ4v) is 21.6. The molecular weight excluding hydrogens is 840 g/mol. The first kappa shape index (κ1) is 37.4. The van der Waals surface area contributed by atoms with Crippen molar-refractivity contribution < 1.29 is 9.90 Å². The molecule has 0 radical (unpaired) electrons. The van der Waals surface area contributed by atoms with Crippen molar-refractivity contribution in [3.63, 3.8) is 0 Å². The molecule has 49 heavy (non-hydrogen) atoms. The summed E-state index contributed by atoms with van der Waals surface area (Å²) in [5.41, 5.74) is 0.948. The number of halogens is 5. The van der Waals surface area contributed by atoms with Crippen LogP contribution in [0.1, 0.15) is 15.9 Å². The molecule has 0 aliphatic heterocycles. The summed E-state index contributed by atoms with van der Waals surface area (Å²) in [6.45, 7) is 0. The molecule has 0 aliphatic carbocycles. The number of carboxylic acids is 1. The van der Waals surface area contributed by atoms with Crippen molar-refractivity contribution >= 4 is 110 Å². The summed E-state index contributed by atoms with van der Waals surface area (Å²) in [5, 5.41) is 10.7. The van der Waals surface area contributed by atoms with E-state index in [1.54, 1.807) is 0 Å². The number of carbonyl (C=O) groups excluding carboxylic acids is 1. The summed E-state index contributed by atoms with van der Waals surface area (Å²) >= 11 is 23.6. The third kappa shape index (κ3) is 9.07. The second-order valence-corrected chi connectivity index (χ2v) is 24.1. The minimum Gasteiger partial charge on any atom is -0.545 e. The molecule has 0 N–H and O–H groups in total. The normalized spacial score (nSPS) is 11.3. The van der Waals surface area contributed by atoms with Crippen molar-refractivity contribution in [3.05, 3.63) is 198 Å². The van der Waals surface area contributed by atoms with Gasteiger partial charge in [-0.1, -0.05) is 58.0 Å². The van der Waals surface area contributed by atoms with Gasteiger partial charge in [-0.3, -0.25) is 0 Å². The molecule has 0 saturated heterocycles. The van der Waals surface area contributed by atoms with Gasteiger partial charge in [0.1, 0.15) is 0 Å². The zero-order chi connectivity index (χ0) is 34.8. The van der Waals surface area contributed by atoms with Crippen LogP contribution in [0.25, 0.3) is 0 Å². The number of benzene rings is 6. The molecule has 0 spiro atoms. The first-order valence-corrected chi connectivity index (χ1v) is 24.2. The maximum atomic E-state index is 10.6. The summed E-state index contributed by atoms with van der Waals surface area (Å²) < 4.78 is 5.92. The molecule has 9 heteroatoms. The van der Waals surface area contributed by atoms with Gasteiger partial charge in [-0.2, -0.15) is 0 Å². The predicted molar refractivity (Wildman–Crippen MR) is 211 cm³/mol. The van der Waals surface area contributed by atoms with Crippen molar-refractivity contribution in [1.82, 2.24) is 0 Å². The van der Waals surface area contributed by atoms with Crippen LogP contribution in [-0.4, -0.2) is 34.2 Å². The molecule has 6 aromatic carbocycles. The molecule has 2 nitrogen and oxygen atoms in total. The number of hydrogen-bond acceptors (Lipinski definition) is 2. The summed E-state index contributed by atoms with van der Waals surface area (Å²) in [4.78, 5) is 15.9. The van der Waals surface area contributed by atoms with Crippen molar-refractivity contribution in [2.75, 3.05) is 0 Å². The van der Waals surface area contributed by atoms with Gasteiger partial charge in [-0.05, 0) is 0 Å². The van der Waals surface area contributed by atoms with Gasteiger partial charge >= 0.3 is 218 Å². The van der Waals surface area contributed by atoms with E-state index in [4.69, 9.17) is 58.0 Å². The predicted octanol–water partition coefficient (Wildman–Crippen LogP) is 8.29. The monoisotopic (exact) mass is 866 g/mol. The zero-order valence-electron chi connectivity index (χ0n) is 25.9. The fourth-order valence-electron chi connectivity index (χ4n) is 5.28. The van der Waals surface area contributed by atoms with E-state index in [9.17, 15) is 9.90 Å². The SMILES string of the molecule is C(=C[As+](Cc1ccccc1)(c1ccccc1)c1ccccc1)[As](c1ccccc1)c1ccccc1.O=C([O-])c1c(Cl)c(Cl)c(Cl)c(Cl)c1Cl. The van der Waals surface area contributed by atoms with E-state index in [2.05, 4.69) is 161 Å². The van der Waals surface area contributed by atoms with Gasteiger partial charge in [0.15, 0.2) is 0 Å². The Hall–Kier alpha value is -2.90. The smallest absolute Gasteiger partial charge is 0.0809 e. The molecule has 246 valence electrons. The van der Waals surface area contributed by atoms with Crippen LogP contribution in [0.2, 0.25) is 25.1 Å². The molecule has 0 fully saturated rings. The van der Waals surface area contributed by atoms with E-state index in [-0.39, 0.29) is 25.1 Å². The van der Waals surface area contributed by atoms with Crippen molar-refractivity contribution in [3.8, 4) is 0 Å². The molecule has 0 aliphatic rings. The Morgan fingerprint density at radius 2 is 0.878 bits per heavy atom. The van der Waals surface area contributed by atoms with Crippen molar-refractivity contribution in [2.24, 2.45) is 0 Å². The summed E-state index contributed by atoms with van der Waals surface area (Å²) in [6.07, 6.45) is 0. The first-order chi connectivity index (χ1) is 23.7. The molecule has 6 rings (SSSR count). The number of hydrogen-bond donors (Lipinski definition) is 0. The van der Waals surface area contributed by atoms with E-state index < -0.39 is 39.7 Å². The Morgan fingerprint density at radius 1 is 0.531 bits per heavy atom. The van der Waals surface area contributed by atoms with Gasteiger partial charge in [-0.15, -0.1) is 0 Å². The molecule has 0 bridgehead atoms. The fraction of sp³-hybridized carbons (Fsp3) is 0.0250. The number of carboxylic acid groups (broad SMARTS) is 1. The van der Waals surface area contributed by atoms with Crippen molar-refractivity contribution in [2.45, 2.75) is 5.21 Å². The number of rotatable bonds is 9. The Balaban J connectivity index is 0.000000281. The Bertz CT molecular complexity index is 1900. The van der Waals surface area contributed by atoms with E-state index in [0.29, 0.717) is 0 Å². The van der Waals surface area contributed by atoms with Crippen LogP contribution >= 0.6 is 58.0 Å². The maximum absolute atomic E-state index is 10.6. The van der Waals surface area contributed by atoms with Crippen LogP contribution in [0.3, 0.4) is 0 Å². The van der Waals surface area contributed by atoms with Crippen LogP contribution in [0.4, 0.5) is 0 Å². The van der Waals surface area contributed by atoms with Gasteiger partial charge < -0.3 is 9.90 Å². The number of aromatic carboxylic acids is 1. The van der Waals surface area contributed by atoms with Crippen LogP contribution < -0.4 is 22.5 Å². The minimum absolute atomic E-state index is 0.0895. The molecule has 0 aromatic heterocycles. The second kappa shape index (κ2) is 17.8. The average molecular weight is 869 g/mol. The van der Waals surface area contributed by atoms with Crippen molar-refractivity contribution in [1.29, 1.82) is 0 Å². The summed E-state index contributed by atoms with van der Waals surface area (Å²) in [6, 6.07) is 55.8. The van der Waals surface area contributed by atoms with E-state index in [1.165, 1.54) is 23.0 Å². The van der Waals surface area contributed by atoms with Gasteiger partial charge in [-0.25, -0.2) is 0 Å². The molecule has 0 saturated carbocycles. The molecular formula is C40H29As2Cl5O2.